The first-order chi connectivity index (χ1) is 18.2. The Morgan fingerprint density at radius 2 is 1.76 bits per heavy atom. The van der Waals surface area contributed by atoms with Crippen LogP contribution >= 0.6 is 0 Å². The predicted octanol–water partition coefficient (Wildman–Crippen LogP) is 1.89. The third-order valence-corrected chi connectivity index (χ3v) is 7.67. The molecule has 0 spiro atoms. The summed E-state index contributed by atoms with van der Waals surface area (Å²) in [6.45, 7) is 3.83. The summed E-state index contributed by atoms with van der Waals surface area (Å²) in [4.78, 5) is 21.7. The summed E-state index contributed by atoms with van der Waals surface area (Å²) in [7, 11) is 0.418. The van der Waals surface area contributed by atoms with E-state index in [1.807, 2.05) is 6.07 Å². The van der Waals surface area contributed by atoms with Crippen LogP contribution in [0.2, 0.25) is 0 Å². The average Bonchev–Trinajstić information content (AvgIpc) is 2.94. The molecule has 3 heterocycles. The Labute approximate surface area is 220 Å². The molecule has 0 atom stereocenters. The summed E-state index contributed by atoms with van der Waals surface area (Å²) in [5.41, 5.74) is 7.87. The van der Waals surface area contributed by atoms with Crippen molar-refractivity contribution in [2.24, 2.45) is 0 Å². The predicted molar refractivity (Wildman–Crippen MR) is 146 cm³/mol. The molecule has 0 radical (unpaired) electrons. The van der Waals surface area contributed by atoms with Crippen molar-refractivity contribution in [3.63, 3.8) is 0 Å². The third-order valence-electron chi connectivity index (χ3n) is 5.86. The Balaban J connectivity index is 0.000000494. The van der Waals surface area contributed by atoms with Crippen LogP contribution in [-0.4, -0.2) is 74.8 Å². The summed E-state index contributed by atoms with van der Waals surface area (Å²) in [6.07, 6.45) is 1.50. The second-order valence-corrected chi connectivity index (χ2v) is 10.7. The largest absolute Gasteiger partial charge is 0.480 e. The van der Waals surface area contributed by atoms with Gasteiger partial charge in [0.05, 0.1) is 36.9 Å². The molecular weight excluding hydrogens is 508 g/mol. The molecule has 4 aromatic rings. The average molecular weight is 539 g/mol. The Morgan fingerprint density at radius 3 is 2.34 bits per heavy atom. The van der Waals surface area contributed by atoms with Gasteiger partial charge in [-0.25, -0.2) is 27.3 Å². The van der Waals surface area contributed by atoms with Crippen LogP contribution in [0.4, 0.5) is 5.95 Å². The van der Waals surface area contributed by atoms with Gasteiger partial charge in [-0.2, -0.15) is 0 Å². The standard InChI is InChI=1S/C22H21N5O4S.C4H9NO/c1-26(2)32(29,30)19-12-15(13-24-20(19)31-3)14-9-10-18-17(11-14)21(28)27(22(23)25-18)16-7-5-4-6-8-16;1-3-6-4-2-5-1/h4-13H,1-3H3,(H2,23,25);5H,1-4H2. The zero-order valence-corrected chi connectivity index (χ0v) is 22.2. The number of rotatable bonds is 5. The smallest absolute Gasteiger partial charge is 0.267 e. The van der Waals surface area contributed by atoms with Crippen molar-refractivity contribution in [1.29, 1.82) is 0 Å². The number of morpholine rings is 1. The van der Waals surface area contributed by atoms with Crippen LogP contribution in [0.3, 0.4) is 0 Å². The molecule has 38 heavy (non-hydrogen) atoms. The van der Waals surface area contributed by atoms with Gasteiger partial charge in [0, 0.05) is 38.9 Å². The van der Waals surface area contributed by atoms with Crippen molar-refractivity contribution in [3.8, 4) is 22.7 Å². The van der Waals surface area contributed by atoms with E-state index in [1.165, 1.54) is 38.0 Å². The highest BCUT2D eigenvalue weighted by atomic mass is 32.2. The van der Waals surface area contributed by atoms with Gasteiger partial charge in [-0.15, -0.1) is 0 Å². The molecule has 1 saturated heterocycles. The van der Waals surface area contributed by atoms with Crippen molar-refractivity contribution in [2.75, 3.05) is 53.2 Å². The summed E-state index contributed by atoms with van der Waals surface area (Å²) >= 11 is 0. The van der Waals surface area contributed by atoms with E-state index in [0.29, 0.717) is 27.7 Å². The molecule has 1 aliphatic heterocycles. The topological polar surface area (TPSA) is 142 Å². The van der Waals surface area contributed by atoms with Gasteiger partial charge >= 0.3 is 0 Å². The van der Waals surface area contributed by atoms with Gasteiger partial charge in [-0.05, 0) is 35.9 Å². The summed E-state index contributed by atoms with van der Waals surface area (Å²) < 4.78 is 38.0. The van der Waals surface area contributed by atoms with E-state index in [9.17, 15) is 13.2 Å². The summed E-state index contributed by atoms with van der Waals surface area (Å²) in [5.74, 6) is 0.0658. The molecule has 0 unspecified atom stereocenters. The summed E-state index contributed by atoms with van der Waals surface area (Å²) in [5, 5.41) is 3.50. The lowest BCUT2D eigenvalue weighted by molar-refractivity contribution is 0.109. The third kappa shape index (κ3) is 5.68. The van der Waals surface area contributed by atoms with Gasteiger partial charge in [-0.3, -0.25) is 4.79 Å². The Morgan fingerprint density at radius 1 is 1.05 bits per heavy atom. The molecule has 0 amide bonds. The van der Waals surface area contributed by atoms with Crippen molar-refractivity contribution >= 4 is 26.9 Å². The van der Waals surface area contributed by atoms with Gasteiger partial charge in [0.1, 0.15) is 4.90 Å². The van der Waals surface area contributed by atoms with Crippen LogP contribution in [-0.2, 0) is 14.8 Å². The lowest BCUT2D eigenvalue weighted by atomic mass is 10.1. The van der Waals surface area contributed by atoms with Gasteiger partial charge in [0.15, 0.2) is 0 Å². The fraction of sp³-hybridized carbons (Fsp3) is 0.269. The van der Waals surface area contributed by atoms with Gasteiger partial charge in [0.2, 0.25) is 21.9 Å². The first-order valence-corrected chi connectivity index (χ1v) is 13.3. The molecule has 1 aliphatic rings. The molecule has 3 N–H and O–H groups in total. The molecule has 12 heteroatoms. The van der Waals surface area contributed by atoms with E-state index in [4.69, 9.17) is 15.2 Å². The van der Waals surface area contributed by atoms with Crippen LogP contribution in [0.25, 0.3) is 27.7 Å². The molecule has 0 aliphatic carbocycles. The van der Waals surface area contributed by atoms with Crippen molar-refractivity contribution in [2.45, 2.75) is 4.90 Å². The molecule has 200 valence electrons. The van der Waals surface area contributed by atoms with Crippen LogP contribution in [0.15, 0.2) is 70.5 Å². The molecule has 0 bridgehead atoms. The van der Waals surface area contributed by atoms with E-state index >= 15 is 0 Å². The maximum Gasteiger partial charge on any atom is 0.267 e. The molecule has 1 fully saturated rings. The van der Waals surface area contributed by atoms with Crippen molar-refractivity contribution < 1.29 is 17.9 Å². The normalized spacial score (nSPS) is 13.7. The minimum Gasteiger partial charge on any atom is -0.480 e. The molecule has 2 aromatic heterocycles. The van der Waals surface area contributed by atoms with E-state index in [2.05, 4.69) is 15.3 Å². The molecule has 2 aromatic carbocycles. The number of nitrogens with two attached hydrogens (primary N) is 1. The lowest BCUT2D eigenvalue weighted by Gasteiger charge is -2.15. The number of methoxy groups -OCH3 is 1. The summed E-state index contributed by atoms with van der Waals surface area (Å²) in [6, 6.07) is 15.5. The zero-order chi connectivity index (χ0) is 27.3. The van der Waals surface area contributed by atoms with Crippen molar-refractivity contribution in [3.05, 3.63) is 71.1 Å². The fourth-order valence-corrected chi connectivity index (χ4v) is 4.88. The zero-order valence-electron chi connectivity index (χ0n) is 21.4. The number of nitrogen functional groups attached to an aromatic ring is 1. The number of pyridine rings is 1. The maximum atomic E-state index is 13.3. The van der Waals surface area contributed by atoms with Crippen LogP contribution in [0, 0.1) is 0 Å². The number of ether oxygens (including phenoxy) is 2. The Hall–Kier alpha value is -3.84. The Bertz CT molecular complexity index is 1570. The minimum atomic E-state index is -3.80. The minimum absolute atomic E-state index is 0.0101. The first-order valence-electron chi connectivity index (χ1n) is 11.9. The van der Waals surface area contributed by atoms with Crippen LogP contribution in [0.1, 0.15) is 0 Å². The maximum absolute atomic E-state index is 13.3. The highest BCUT2D eigenvalue weighted by molar-refractivity contribution is 7.89. The number of nitrogens with zero attached hydrogens (tertiary/aromatic N) is 4. The number of para-hydroxylation sites is 1. The number of hydrogen-bond donors (Lipinski definition) is 2. The lowest BCUT2D eigenvalue weighted by Crippen LogP contribution is -2.30. The number of aromatic nitrogens is 3. The van der Waals surface area contributed by atoms with E-state index in [0.717, 1.165) is 30.6 Å². The van der Waals surface area contributed by atoms with Crippen LogP contribution in [0.5, 0.6) is 5.88 Å². The second-order valence-electron chi connectivity index (χ2n) is 8.56. The fourth-order valence-electron chi connectivity index (χ4n) is 3.85. The van der Waals surface area contributed by atoms with E-state index in [1.54, 1.807) is 42.5 Å². The van der Waals surface area contributed by atoms with Crippen molar-refractivity contribution in [1.82, 2.24) is 24.2 Å². The molecule has 0 saturated carbocycles. The number of nitrogens with one attached hydrogen (secondary N) is 1. The monoisotopic (exact) mass is 538 g/mol. The highest BCUT2D eigenvalue weighted by Crippen LogP contribution is 2.30. The molecule has 5 rings (SSSR count). The van der Waals surface area contributed by atoms with Gasteiger partial charge < -0.3 is 20.5 Å². The van der Waals surface area contributed by atoms with E-state index < -0.39 is 10.0 Å². The number of anilines is 1. The number of benzene rings is 2. The van der Waals surface area contributed by atoms with Gasteiger partial charge in [0.25, 0.3) is 5.56 Å². The van der Waals surface area contributed by atoms with Crippen LogP contribution < -0.4 is 21.3 Å². The highest BCUT2D eigenvalue weighted by Gasteiger charge is 2.24. The molecule has 11 nitrogen and oxygen atoms in total. The first kappa shape index (κ1) is 27.2. The number of fused-ring (bicyclic) bond motifs is 1. The SMILES string of the molecule is C1COCCN1.COc1ncc(-c2ccc3nc(N)n(-c4ccccc4)c(=O)c3c2)cc1S(=O)(=O)N(C)C. The quantitative estimate of drug-likeness (QED) is 0.390. The Kier molecular flexibility index (Phi) is 8.37. The molecular formula is C26H30N6O5S. The number of sulfonamides is 1. The van der Waals surface area contributed by atoms with E-state index in [-0.39, 0.29) is 22.3 Å². The number of hydrogen-bond acceptors (Lipinski definition) is 9. The van der Waals surface area contributed by atoms with Gasteiger partial charge in [-0.1, -0.05) is 24.3 Å². The second kappa shape index (κ2) is 11.7.